The van der Waals surface area contributed by atoms with Gasteiger partial charge in [-0.2, -0.15) is 0 Å². The Balaban J connectivity index is 1.37. The van der Waals surface area contributed by atoms with Gasteiger partial charge in [0.2, 0.25) is 0 Å². The number of rotatable bonds is 1. The summed E-state index contributed by atoms with van der Waals surface area (Å²) in [5.41, 5.74) is 6.99. The zero-order valence-corrected chi connectivity index (χ0v) is 16.7. The van der Waals surface area contributed by atoms with Crippen molar-refractivity contribution in [1.82, 2.24) is 0 Å². The van der Waals surface area contributed by atoms with Crippen LogP contribution in [-0.4, -0.2) is 11.8 Å². The van der Waals surface area contributed by atoms with E-state index >= 15 is 0 Å². The predicted molar refractivity (Wildman–Crippen MR) is 119 cm³/mol. The van der Waals surface area contributed by atoms with Gasteiger partial charge in [-0.1, -0.05) is 54.1 Å². The van der Waals surface area contributed by atoms with Crippen molar-refractivity contribution >= 4 is 28.5 Å². The lowest BCUT2D eigenvalue weighted by atomic mass is 9.89. The van der Waals surface area contributed by atoms with Crippen LogP contribution in [0, 0.1) is 0 Å². The van der Waals surface area contributed by atoms with Crippen molar-refractivity contribution in [2.24, 2.45) is 0 Å². The normalized spacial score (nSPS) is 25.0. The monoisotopic (exact) mass is 400 g/mol. The van der Waals surface area contributed by atoms with Gasteiger partial charge in [-0.15, -0.1) is 0 Å². The van der Waals surface area contributed by atoms with Gasteiger partial charge in [-0.3, -0.25) is 0 Å². The lowest BCUT2D eigenvalue weighted by Gasteiger charge is -2.37. The van der Waals surface area contributed by atoms with Crippen LogP contribution in [0.25, 0.3) is 5.57 Å². The van der Waals surface area contributed by atoms with Crippen molar-refractivity contribution in [1.29, 1.82) is 0 Å². The summed E-state index contributed by atoms with van der Waals surface area (Å²) in [6.45, 7) is 0. The second-order valence-electron chi connectivity index (χ2n) is 8.18. The van der Waals surface area contributed by atoms with E-state index in [1.54, 1.807) is 0 Å². The quantitative estimate of drug-likeness (QED) is 0.533. The zero-order chi connectivity index (χ0) is 19.4. The molecule has 144 valence electrons. The van der Waals surface area contributed by atoms with E-state index in [1.165, 1.54) is 28.0 Å². The molecule has 0 amide bonds. The predicted octanol–water partition coefficient (Wildman–Crippen LogP) is 5.91. The number of halogens is 1. The highest BCUT2D eigenvalue weighted by Gasteiger charge is 2.43. The first-order valence-electron chi connectivity index (χ1n) is 10.1. The van der Waals surface area contributed by atoms with E-state index < -0.39 is 5.72 Å². The highest BCUT2D eigenvalue weighted by molar-refractivity contribution is 6.30. The number of nitrogens with one attached hydrogen (secondary N) is 2. The minimum absolute atomic E-state index is 0.295. The van der Waals surface area contributed by atoms with Gasteiger partial charge >= 0.3 is 0 Å². The molecule has 3 nitrogen and oxygen atoms in total. The Morgan fingerprint density at radius 2 is 1.79 bits per heavy atom. The second-order valence-corrected chi connectivity index (χ2v) is 8.61. The Morgan fingerprint density at radius 3 is 2.72 bits per heavy atom. The zero-order valence-electron chi connectivity index (χ0n) is 15.9. The first-order chi connectivity index (χ1) is 14.2. The van der Waals surface area contributed by atoms with Gasteiger partial charge in [0.05, 0.1) is 0 Å². The third-order valence-electron chi connectivity index (χ3n) is 6.12. The van der Waals surface area contributed by atoms with E-state index in [1.807, 2.05) is 18.2 Å². The standard InChI is InChI=1S/C25H21ClN2O/c26-19-9-10-23-18(11-19)15-25(28-23)14-17(21-6-2-4-8-24(21)29-25)13-20-12-16-5-1-3-7-22(16)27-20/h1-11,13,20,27-28H,12,14-15H2/b17-13-. The Morgan fingerprint density at radius 1 is 0.931 bits per heavy atom. The summed E-state index contributed by atoms with van der Waals surface area (Å²) in [4.78, 5) is 0. The third kappa shape index (κ3) is 2.89. The van der Waals surface area contributed by atoms with E-state index in [4.69, 9.17) is 16.3 Å². The average molecular weight is 401 g/mol. The van der Waals surface area contributed by atoms with Crippen LogP contribution >= 0.6 is 11.6 Å². The maximum atomic E-state index is 6.54. The number of benzene rings is 3. The molecule has 2 unspecified atom stereocenters. The Labute approximate surface area is 175 Å². The number of ether oxygens (including phenoxy) is 1. The molecule has 0 fully saturated rings. The van der Waals surface area contributed by atoms with Gasteiger partial charge < -0.3 is 15.4 Å². The second kappa shape index (κ2) is 6.30. The van der Waals surface area contributed by atoms with Gasteiger partial charge in [-0.05, 0) is 53.5 Å². The Bertz CT molecular complexity index is 1130. The lowest BCUT2D eigenvalue weighted by Crippen LogP contribution is -2.45. The SMILES string of the molecule is Clc1ccc2c(c1)CC1(C/C(=C/C3Cc4ccccc4N3)c3ccccc3O1)N2. The van der Waals surface area contributed by atoms with Gasteiger partial charge in [0.25, 0.3) is 0 Å². The van der Waals surface area contributed by atoms with Crippen molar-refractivity contribution in [3.8, 4) is 5.75 Å². The van der Waals surface area contributed by atoms with Crippen LogP contribution in [-0.2, 0) is 12.8 Å². The molecule has 0 radical (unpaired) electrons. The summed E-state index contributed by atoms with van der Waals surface area (Å²) < 4.78 is 6.54. The maximum Gasteiger partial charge on any atom is 0.188 e. The molecule has 0 aliphatic carbocycles. The molecule has 2 atom stereocenters. The van der Waals surface area contributed by atoms with Crippen LogP contribution < -0.4 is 15.4 Å². The van der Waals surface area contributed by atoms with Crippen LogP contribution in [0.2, 0.25) is 5.02 Å². The fourth-order valence-electron chi connectivity index (χ4n) is 4.89. The van der Waals surface area contributed by atoms with Gasteiger partial charge in [0, 0.05) is 40.8 Å². The van der Waals surface area contributed by atoms with Crippen LogP contribution in [0.1, 0.15) is 23.1 Å². The molecular formula is C25H21ClN2O. The van der Waals surface area contributed by atoms with E-state index in [0.717, 1.165) is 35.7 Å². The molecule has 4 heteroatoms. The third-order valence-corrected chi connectivity index (χ3v) is 6.36. The van der Waals surface area contributed by atoms with E-state index in [9.17, 15) is 0 Å². The molecule has 0 aromatic heterocycles. The smallest absolute Gasteiger partial charge is 0.188 e. The number of fused-ring (bicyclic) bond motifs is 3. The fourth-order valence-corrected chi connectivity index (χ4v) is 5.08. The molecule has 3 heterocycles. The number of hydrogen-bond donors (Lipinski definition) is 2. The molecule has 1 spiro atoms. The van der Waals surface area contributed by atoms with Gasteiger partial charge in [0.1, 0.15) is 5.75 Å². The molecule has 6 rings (SSSR count). The number of para-hydroxylation sites is 2. The van der Waals surface area contributed by atoms with Crippen molar-refractivity contribution in [2.75, 3.05) is 10.6 Å². The number of anilines is 2. The molecule has 3 aliphatic rings. The van der Waals surface area contributed by atoms with Crippen LogP contribution in [0.4, 0.5) is 11.4 Å². The molecule has 29 heavy (non-hydrogen) atoms. The van der Waals surface area contributed by atoms with Crippen molar-refractivity contribution in [2.45, 2.75) is 31.0 Å². The fraction of sp³-hybridized carbons (Fsp3) is 0.200. The molecule has 0 saturated carbocycles. The minimum Gasteiger partial charge on any atom is -0.467 e. The molecule has 0 saturated heterocycles. The van der Waals surface area contributed by atoms with E-state index in [0.29, 0.717) is 6.04 Å². The van der Waals surface area contributed by atoms with Crippen molar-refractivity contribution < 1.29 is 4.74 Å². The molecule has 0 bridgehead atoms. The molecule has 3 aliphatic heterocycles. The highest BCUT2D eigenvalue weighted by Crippen LogP contribution is 2.46. The van der Waals surface area contributed by atoms with Crippen LogP contribution in [0.5, 0.6) is 5.75 Å². The highest BCUT2D eigenvalue weighted by atomic mass is 35.5. The topological polar surface area (TPSA) is 33.3 Å². The summed E-state index contributed by atoms with van der Waals surface area (Å²) in [7, 11) is 0. The van der Waals surface area contributed by atoms with Crippen LogP contribution in [0.3, 0.4) is 0 Å². The van der Waals surface area contributed by atoms with Crippen molar-refractivity contribution in [3.63, 3.8) is 0 Å². The first-order valence-corrected chi connectivity index (χ1v) is 10.5. The molecular weight excluding hydrogens is 380 g/mol. The Kier molecular flexibility index (Phi) is 3.69. The molecule has 2 N–H and O–H groups in total. The molecule has 3 aromatic rings. The molecule has 3 aromatic carbocycles. The van der Waals surface area contributed by atoms with Gasteiger partial charge in [0.15, 0.2) is 5.72 Å². The first kappa shape index (κ1) is 17.0. The number of hydrogen-bond acceptors (Lipinski definition) is 3. The summed E-state index contributed by atoms with van der Waals surface area (Å²) in [6, 6.07) is 23.2. The maximum absolute atomic E-state index is 6.54. The van der Waals surface area contributed by atoms with Crippen molar-refractivity contribution in [3.05, 3.63) is 94.5 Å². The van der Waals surface area contributed by atoms with Crippen LogP contribution in [0.15, 0.2) is 72.8 Å². The van der Waals surface area contributed by atoms with E-state index in [2.05, 4.69) is 65.2 Å². The van der Waals surface area contributed by atoms with Gasteiger partial charge in [-0.25, -0.2) is 0 Å². The summed E-state index contributed by atoms with van der Waals surface area (Å²) in [5, 5.41) is 8.08. The Hall–Kier alpha value is -2.91. The minimum atomic E-state index is -0.460. The average Bonchev–Trinajstić information content (AvgIpc) is 3.27. The summed E-state index contributed by atoms with van der Waals surface area (Å²) in [5.74, 6) is 0.937. The summed E-state index contributed by atoms with van der Waals surface area (Å²) in [6.07, 6.45) is 5.01. The largest absolute Gasteiger partial charge is 0.467 e. The van der Waals surface area contributed by atoms with E-state index in [-0.39, 0.29) is 0 Å². The summed E-state index contributed by atoms with van der Waals surface area (Å²) >= 11 is 6.23. The lowest BCUT2D eigenvalue weighted by molar-refractivity contribution is 0.104.